The minimum atomic E-state index is -1.11. The van der Waals surface area contributed by atoms with Crippen LogP contribution in [0, 0.1) is 0 Å². The molecule has 0 aliphatic rings. The maximum Gasteiger partial charge on any atom is 0.249 e. The van der Waals surface area contributed by atoms with Crippen LogP contribution in [-0.4, -0.2) is 46.1 Å². The fourth-order valence-electron chi connectivity index (χ4n) is 3.89. The van der Waals surface area contributed by atoms with Crippen LogP contribution in [0.25, 0.3) is 0 Å². The van der Waals surface area contributed by atoms with E-state index in [9.17, 15) is 20.1 Å². The third-order valence-electron chi connectivity index (χ3n) is 6.14. The topological polar surface area (TPSA) is 89.8 Å². The largest absolute Gasteiger partial charge is 0.394 e. The van der Waals surface area contributed by atoms with Crippen molar-refractivity contribution in [2.24, 2.45) is 0 Å². The molecule has 0 rings (SSSR count). The van der Waals surface area contributed by atoms with Gasteiger partial charge >= 0.3 is 0 Å². The number of allylic oxidation sites excluding steroid dienone is 2. The number of carbonyl (C=O) groups excluding carboxylic acids is 1. The second-order valence-electron chi connectivity index (χ2n) is 9.25. The highest BCUT2D eigenvalue weighted by atomic mass is 16.3. The van der Waals surface area contributed by atoms with Gasteiger partial charge in [-0.3, -0.25) is 4.79 Å². The van der Waals surface area contributed by atoms with E-state index in [1.807, 2.05) is 6.08 Å². The molecule has 190 valence electrons. The van der Waals surface area contributed by atoms with E-state index < -0.39 is 24.2 Å². The number of amides is 1. The first-order chi connectivity index (χ1) is 15.6. The Hall–Kier alpha value is -0.910. The van der Waals surface area contributed by atoms with Gasteiger partial charge in [0.15, 0.2) is 0 Å². The van der Waals surface area contributed by atoms with E-state index in [2.05, 4.69) is 25.2 Å². The van der Waals surface area contributed by atoms with E-state index in [4.69, 9.17) is 0 Å². The highest BCUT2D eigenvalue weighted by Crippen LogP contribution is 2.13. The van der Waals surface area contributed by atoms with Crippen LogP contribution in [0.4, 0.5) is 0 Å². The quantitative estimate of drug-likeness (QED) is 0.116. The van der Waals surface area contributed by atoms with Crippen LogP contribution in [0.1, 0.15) is 129 Å². The minimum absolute atomic E-state index is 0.324. The van der Waals surface area contributed by atoms with Crippen LogP contribution < -0.4 is 5.32 Å². The van der Waals surface area contributed by atoms with Gasteiger partial charge in [-0.05, 0) is 32.1 Å². The average Bonchev–Trinajstić information content (AvgIpc) is 2.79. The number of carbonyl (C=O) groups is 1. The molecule has 0 bridgehead atoms. The zero-order valence-corrected chi connectivity index (χ0v) is 21.1. The van der Waals surface area contributed by atoms with Gasteiger partial charge < -0.3 is 20.6 Å². The van der Waals surface area contributed by atoms with Crippen LogP contribution >= 0.6 is 0 Å². The molecule has 3 atom stereocenters. The highest BCUT2D eigenvalue weighted by Gasteiger charge is 2.23. The van der Waals surface area contributed by atoms with Crippen LogP contribution in [0.2, 0.25) is 0 Å². The maximum absolute atomic E-state index is 12.2. The summed E-state index contributed by atoms with van der Waals surface area (Å²) >= 11 is 0. The predicted octanol–water partition coefficient (Wildman–Crippen LogP) is 5.80. The third-order valence-corrected chi connectivity index (χ3v) is 6.14. The number of aliphatic hydroxyl groups is 3. The van der Waals surface area contributed by atoms with E-state index in [-0.39, 0.29) is 6.61 Å². The Labute approximate surface area is 198 Å². The Morgan fingerprint density at radius 2 is 1.22 bits per heavy atom. The second kappa shape index (κ2) is 23.3. The van der Waals surface area contributed by atoms with Crippen LogP contribution in [-0.2, 0) is 4.79 Å². The fraction of sp³-hybridized carbons (Fsp3) is 0.889. The summed E-state index contributed by atoms with van der Waals surface area (Å²) in [6.45, 7) is 4.11. The molecule has 0 heterocycles. The molecule has 0 saturated carbocycles. The molecule has 5 heteroatoms. The van der Waals surface area contributed by atoms with Gasteiger partial charge in [-0.25, -0.2) is 0 Å². The summed E-state index contributed by atoms with van der Waals surface area (Å²) in [5, 5.41) is 32.6. The molecular weight excluding hydrogens is 402 g/mol. The number of unbranched alkanes of at least 4 members (excludes halogenated alkanes) is 13. The minimum Gasteiger partial charge on any atom is -0.394 e. The first-order valence-corrected chi connectivity index (χ1v) is 13.5. The van der Waals surface area contributed by atoms with Crippen molar-refractivity contribution in [3.63, 3.8) is 0 Å². The number of hydrogen-bond acceptors (Lipinski definition) is 4. The zero-order chi connectivity index (χ0) is 23.9. The molecule has 0 fully saturated rings. The molecule has 1 amide bonds. The number of hydrogen-bond donors (Lipinski definition) is 4. The molecule has 32 heavy (non-hydrogen) atoms. The number of rotatable bonds is 23. The Kier molecular flexibility index (Phi) is 22.6. The molecule has 0 aromatic carbocycles. The lowest BCUT2D eigenvalue weighted by Crippen LogP contribution is -2.49. The van der Waals surface area contributed by atoms with E-state index in [0.717, 1.165) is 19.3 Å². The molecule has 3 unspecified atom stereocenters. The van der Waals surface area contributed by atoms with Gasteiger partial charge in [0.1, 0.15) is 6.10 Å². The van der Waals surface area contributed by atoms with Crippen molar-refractivity contribution in [2.75, 3.05) is 6.61 Å². The van der Waals surface area contributed by atoms with Gasteiger partial charge in [-0.2, -0.15) is 0 Å². The standard InChI is InChI=1S/C27H53NO4/c1-3-5-7-9-11-13-14-16-17-19-21-25(30)24(23-29)28-27(32)26(31)22-20-18-15-12-10-8-6-4-2/h15,18,24-26,29-31H,3-14,16-17,19-23H2,1-2H3,(H,28,32)/b18-15-. The average molecular weight is 456 g/mol. The van der Waals surface area contributed by atoms with E-state index >= 15 is 0 Å². The van der Waals surface area contributed by atoms with Gasteiger partial charge in [-0.1, -0.05) is 109 Å². The van der Waals surface area contributed by atoms with Crippen molar-refractivity contribution in [1.29, 1.82) is 0 Å². The highest BCUT2D eigenvalue weighted by molar-refractivity contribution is 5.80. The summed E-state index contributed by atoms with van der Waals surface area (Å²) in [4.78, 5) is 12.2. The predicted molar refractivity (Wildman–Crippen MR) is 135 cm³/mol. The molecule has 0 aliphatic carbocycles. The van der Waals surface area contributed by atoms with Crippen molar-refractivity contribution in [1.82, 2.24) is 5.32 Å². The molecule has 0 radical (unpaired) electrons. The third kappa shape index (κ3) is 18.6. The van der Waals surface area contributed by atoms with Crippen molar-refractivity contribution < 1.29 is 20.1 Å². The van der Waals surface area contributed by atoms with E-state index in [0.29, 0.717) is 19.3 Å². The maximum atomic E-state index is 12.2. The zero-order valence-electron chi connectivity index (χ0n) is 21.1. The summed E-state index contributed by atoms with van der Waals surface area (Å²) in [6, 6.07) is -0.718. The van der Waals surface area contributed by atoms with Gasteiger partial charge in [-0.15, -0.1) is 0 Å². The molecule has 4 N–H and O–H groups in total. The smallest absolute Gasteiger partial charge is 0.249 e. The molecule has 0 aromatic rings. The molecular formula is C27H53NO4. The van der Waals surface area contributed by atoms with Crippen molar-refractivity contribution in [2.45, 2.75) is 148 Å². The summed E-state index contributed by atoms with van der Waals surface area (Å²) in [5.41, 5.74) is 0. The molecule has 0 spiro atoms. The number of nitrogens with one attached hydrogen (secondary N) is 1. The Morgan fingerprint density at radius 1 is 0.719 bits per heavy atom. The first-order valence-electron chi connectivity index (χ1n) is 13.5. The summed E-state index contributed by atoms with van der Waals surface area (Å²) < 4.78 is 0. The fourth-order valence-corrected chi connectivity index (χ4v) is 3.89. The van der Waals surface area contributed by atoms with Gasteiger partial charge in [0.05, 0.1) is 18.8 Å². The Bertz CT molecular complexity index is 441. The van der Waals surface area contributed by atoms with Crippen LogP contribution in [0.3, 0.4) is 0 Å². The Morgan fingerprint density at radius 3 is 1.78 bits per heavy atom. The van der Waals surface area contributed by atoms with Crippen molar-refractivity contribution in [3.8, 4) is 0 Å². The molecule has 0 aromatic heterocycles. The van der Waals surface area contributed by atoms with Crippen molar-refractivity contribution >= 4 is 5.91 Å². The lowest BCUT2D eigenvalue weighted by atomic mass is 10.0. The molecule has 0 saturated heterocycles. The SMILES string of the molecule is CCCCCC/C=C\CCC(O)C(=O)NC(CO)C(O)CCCCCCCCCCCC. The van der Waals surface area contributed by atoms with E-state index in [1.165, 1.54) is 77.0 Å². The number of aliphatic hydroxyl groups excluding tert-OH is 3. The summed E-state index contributed by atoms with van der Waals surface area (Å²) in [5.74, 6) is -0.512. The van der Waals surface area contributed by atoms with Gasteiger partial charge in [0, 0.05) is 0 Å². The molecule has 0 aliphatic heterocycles. The summed E-state index contributed by atoms with van der Waals surface area (Å²) in [6.07, 6.45) is 22.0. The van der Waals surface area contributed by atoms with Gasteiger partial charge in [0.25, 0.3) is 0 Å². The first kappa shape index (κ1) is 31.1. The monoisotopic (exact) mass is 455 g/mol. The van der Waals surface area contributed by atoms with Crippen LogP contribution in [0.5, 0.6) is 0 Å². The van der Waals surface area contributed by atoms with Gasteiger partial charge in [0.2, 0.25) is 5.91 Å². The lowest BCUT2D eigenvalue weighted by Gasteiger charge is -2.23. The molecule has 5 nitrogen and oxygen atoms in total. The lowest BCUT2D eigenvalue weighted by molar-refractivity contribution is -0.131. The normalized spacial score (nSPS) is 14.5. The van der Waals surface area contributed by atoms with Crippen LogP contribution in [0.15, 0.2) is 12.2 Å². The van der Waals surface area contributed by atoms with Crippen molar-refractivity contribution in [3.05, 3.63) is 12.2 Å². The second-order valence-corrected chi connectivity index (χ2v) is 9.25. The summed E-state index contributed by atoms with van der Waals surface area (Å²) in [7, 11) is 0. The Balaban J connectivity index is 3.87. The van der Waals surface area contributed by atoms with E-state index in [1.54, 1.807) is 0 Å².